The van der Waals surface area contributed by atoms with Gasteiger partial charge < -0.3 is 4.74 Å². The third kappa shape index (κ3) is 2.42. The average Bonchev–Trinajstić information content (AvgIpc) is 3.02. The predicted molar refractivity (Wildman–Crippen MR) is 96.2 cm³/mol. The molecule has 0 spiro atoms. The second-order valence-corrected chi connectivity index (χ2v) is 6.90. The van der Waals surface area contributed by atoms with E-state index in [1.165, 1.54) is 0 Å². The van der Waals surface area contributed by atoms with Gasteiger partial charge in [0.05, 0.1) is 0 Å². The molecule has 0 radical (unpaired) electrons. The summed E-state index contributed by atoms with van der Waals surface area (Å²) in [6.07, 6.45) is 3.01. The highest BCUT2D eigenvalue weighted by Crippen LogP contribution is 2.43. The van der Waals surface area contributed by atoms with Crippen LogP contribution in [0.4, 0.5) is 0 Å². The Kier molecular flexibility index (Phi) is 3.60. The van der Waals surface area contributed by atoms with Crippen molar-refractivity contribution in [2.45, 2.75) is 38.2 Å². The van der Waals surface area contributed by atoms with Crippen molar-refractivity contribution in [1.29, 1.82) is 0 Å². The SMILES string of the molecule is CCc1ccc(-c2ccccc2)cc1C1C(=O)C2=CCC(C)(O2)C1=O. The van der Waals surface area contributed by atoms with Gasteiger partial charge >= 0.3 is 0 Å². The van der Waals surface area contributed by atoms with E-state index in [1.54, 1.807) is 13.0 Å². The van der Waals surface area contributed by atoms with Crippen molar-refractivity contribution in [1.82, 2.24) is 0 Å². The summed E-state index contributed by atoms with van der Waals surface area (Å²) in [6, 6.07) is 16.1. The van der Waals surface area contributed by atoms with Gasteiger partial charge in [-0.15, -0.1) is 0 Å². The number of carbonyl (C=O) groups is 2. The van der Waals surface area contributed by atoms with Gasteiger partial charge in [-0.25, -0.2) is 0 Å². The molecule has 126 valence electrons. The van der Waals surface area contributed by atoms with E-state index in [0.29, 0.717) is 12.2 Å². The second kappa shape index (κ2) is 5.69. The molecule has 1 fully saturated rings. The molecule has 0 aliphatic carbocycles. The van der Waals surface area contributed by atoms with Crippen LogP contribution in [0.5, 0.6) is 0 Å². The van der Waals surface area contributed by atoms with Gasteiger partial charge in [0.2, 0.25) is 5.78 Å². The Hall–Kier alpha value is -2.68. The molecule has 2 bridgehead atoms. The molecular weight excluding hydrogens is 312 g/mol. The van der Waals surface area contributed by atoms with Crippen LogP contribution in [0.2, 0.25) is 0 Å². The minimum absolute atomic E-state index is 0.130. The largest absolute Gasteiger partial charge is 0.476 e. The van der Waals surface area contributed by atoms with Gasteiger partial charge in [0.25, 0.3) is 0 Å². The van der Waals surface area contributed by atoms with Gasteiger partial charge in [-0.1, -0.05) is 49.4 Å². The fourth-order valence-corrected chi connectivity index (χ4v) is 3.76. The highest BCUT2D eigenvalue weighted by atomic mass is 16.5. The lowest BCUT2D eigenvalue weighted by Gasteiger charge is -2.33. The molecule has 2 aliphatic heterocycles. The van der Waals surface area contributed by atoms with Crippen LogP contribution in [-0.4, -0.2) is 17.2 Å². The van der Waals surface area contributed by atoms with E-state index in [-0.39, 0.29) is 11.6 Å². The van der Waals surface area contributed by atoms with E-state index in [2.05, 4.69) is 6.07 Å². The molecule has 2 heterocycles. The van der Waals surface area contributed by atoms with Crippen LogP contribution in [0.25, 0.3) is 11.1 Å². The topological polar surface area (TPSA) is 43.4 Å². The average molecular weight is 332 g/mol. The standard InChI is InChI=1S/C22H20O3/c1-3-14-9-10-16(15-7-5-4-6-8-15)13-17(14)19-20(23)18-11-12-22(2,25-18)21(19)24/h4-11,13,19H,3,12H2,1-2H3. The van der Waals surface area contributed by atoms with Gasteiger partial charge in [-0.3, -0.25) is 9.59 Å². The molecular formula is C22H20O3. The maximum atomic E-state index is 13.1. The van der Waals surface area contributed by atoms with E-state index >= 15 is 0 Å². The Balaban J connectivity index is 1.85. The molecule has 2 aliphatic rings. The number of ketones is 2. The van der Waals surface area contributed by atoms with Crippen molar-refractivity contribution in [2.75, 3.05) is 0 Å². The predicted octanol–water partition coefficient (Wildman–Crippen LogP) is 4.21. The van der Waals surface area contributed by atoms with Gasteiger partial charge in [-0.05, 0) is 47.7 Å². The summed E-state index contributed by atoms with van der Waals surface area (Å²) in [7, 11) is 0. The zero-order valence-electron chi connectivity index (χ0n) is 14.4. The minimum atomic E-state index is -0.901. The molecule has 0 saturated carbocycles. The van der Waals surface area contributed by atoms with Crippen LogP contribution in [-0.2, 0) is 20.7 Å². The molecule has 1 saturated heterocycles. The minimum Gasteiger partial charge on any atom is -0.476 e. The molecule has 2 aromatic carbocycles. The Labute approximate surface area is 147 Å². The molecule has 0 amide bonds. The Morgan fingerprint density at radius 3 is 2.56 bits per heavy atom. The fourth-order valence-electron chi connectivity index (χ4n) is 3.76. The first kappa shape index (κ1) is 15.8. The van der Waals surface area contributed by atoms with Gasteiger partial charge in [0.1, 0.15) is 5.92 Å². The summed E-state index contributed by atoms with van der Waals surface area (Å²) in [5, 5.41) is 0. The number of carbonyl (C=O) groups excluding carboxylic acids is 2. The number of benzene rings is 2. The first-order valence-corrected chi connectivity index (χ1v) is 8.69. The van der Waals surface area contributed by atoms with Crippen LogP contribution in [0.1, 0.15) is 37.3 Å². The smallest absolute Gasteiger partial charge is 0.212 e. The number of allylic oxidation sites excluding steroid dienone is 1. The maximum absolute atomic E-state index is 13.1. The van der Waals surface area contributed by atoms with E-state index in [4.69, 9.17) is 4.74 Å². The van der Waals surface area contributed by atoms with Crippen molar-refractivity contribution in [3.05, 3.63) is 71.5 Å². The molecule has 4 rings (SSSR count). The monoisotopic (exact) mass is 332 g/mol. The summed E-state index contributed by atoms with van der Waals surface area (Å²) < 4.78 is 5.61. The van der Waals surface area contributed by atoms with E-state index in [9.17, 15) is 9.59 Å². The van der Waals surface area contributed by atoms with Crippen molar-refractivity contribution < 1.29 is 14.3 Å². The lowest BCUT2D eigenvalue weighted by molar-refractivity contribution is -0.148. The van der Waals surface area contributed by atoms with Crippen molar-refractivity contribution in [3.63, 3.8) is 0 Å². The third-order valence-corrected chi connectivity index (χ3v) is 5.25. The van der Waals surface area contributed by atoms with Crippen LogP contribution < -0.4 is 0 Å². The van der Waals surface area contributed by atoms with Crippen LogP contribution in [0, 0.1) is 0 Å². The van der Waals surface area contributed by atoms with Crippen molar-refractivity contribution in [2.24, 2.45) is 0 Å². The summed E-state index contributed by atoms with van der Waals surface area (Å²) in [6.45, 7) is 3.83. The normalized spacial score (nSPS) is 24.9. The van der Waals surface area contributed by atoms with Gasteiger partial charge in [-0.2, -0.15) is 0 Å². The van der Waals surface area contributed by atoms with Crippen LogP contribution in [0.15, 0.2) is 60.4 Å². The lowest BCUT2D eigenvalue weighted by Crippen LogP contribution is -2.46. The molecule has 25 heavy (non-hydrogen) atoms. The summed E-state index contributed by atoms with van der Waals surface area (Å²) in [5.74, 6) is -0.750. The number of aryl methyl sites for hydroxylation is 1. The number of hydrogen-bond donors (Lipinski definition) is 0. The van der Waals surface area contributed by atoms with Crippen LogP contribution in [0.3, 0.4) is 0 Å². The summed E-state index contributed by atoms with van der Waals surface area (Å²) in [5.41, 5.74) is 3.05. The molecule has 0 aromatic heterocycles. The molecule has 2 atom stereocenters. The van der Waals surface area contributed by atoms with Crippen molar-refractivity contribution >= 4 is 11.6 Å². The second-order valence-electron chi connectivity index (χ2n) is 6.90. The van der Waals surface area contributed by atoms with E-state index in [0.717, 1.165) is 28.7 Å². The van der Waals surface area contributed by atoms with Gasteiger partial charge in [0, 0.05) is 6.42 Å². The van der Waals surface area contributed by atoms with Gasteiger partial charge in [0.15, 0.2) is 17.1 Å². The lowest BCUT2D eigenvalue weighted by atomic mass is 9.78. The zero-order chi connectivity index (χ0) is 17.6. The number of rotatable bonds is 3. The number of Topliss-reactive ketones (excluding diaryl/α,β-unsaturated/α-hetero) is 2. The van der Waals surface area contributed by atoms with Crippen molar-refractivity contribution in [3.8, 4) is 11.1 Å². The van der Waals surface area contributed by atoms with E-state index in [1.807, 2.05) is 49.4 Å². The molecule has 3 nitrogen and oxygen atoms in total. The number of hydrogen-bond acceptors (Lipinski definition) is 3. The summed E-state index contributed by atoms with van der Waals surface area (Å²) in [4.78, 5) is 25.9. The first-order valence-electron chi connectivity index (χ1n) is 8.69. The third-order valence-electron chi connectivity index (χ3n) is 5.25. The first-order chi connectivity index (χ1) is 12.0. The Morgan fingerprint density at radius 1 is 1.08 bits per heavy atom. The number of fused-ring (bicyclic) bond motifs is 2. The number of ether oxygens (including phenoxy) is 1. The molecule has 3 heteroatoms. The highest BCUT2D eigenvalue weighted by molar-refractivity contribution is 6.19. The molecule has 2 aromatic rings. The molecule has 2 unspecified atom stereocenters. The quantitative estimate of drug-likeness (QED) is 0.791. The Morgan fingerprint density at radius 2 is 1.84 bits per heavy atom. The Bertz CT molecular complexity index is 895. The maximum Gasteiger partial charge on any atom is 0.212 e. The fraction of sp³-hybridized carbons (Fsp3) is 0.273. The zero-order valence-corrected chi connectivity index (χ0v) is 14.4. The van der Waals surface area contributed by atoms with E-state index < -0.39 is 11.5 Å². The molecule has 0 N–H and O–H groups in total. The summed E-state index contributed by atoms with van der Waals surface area (Å²) >= 11 is 0. The van der Waals surface area contributed by atoms with Crippen LogP contribution >= 0.6 is 0 Å². The highest BCUT2D eigenvalue weighted by Gasteiger charge is 2.53.